The lowest BCUT2D eigenvalue weighted by atomic mass is 10.0. The summed E-state index contributed by atoms with van der Waals surface area (Å²) in [6.07, 6.45) is 1.43. The van der Waals surface area contributed by atoms with E-state index in [0.717, 1.165) is 0 Å². The van der Waals surface area contributed by atoms with Crippen molar-refractivity contribution in [2.45, 2.75) is 20.8 Å². The van der Waals surface area contributed by atoms with Crippen LogP contribution in [0.4, 0.5) is 0 Å². The van der Waals surface area contributed by atoms with E-state index in [9.17, 15) is 14.9 Å². The van der Waals surface area contributed by atoms with Crippen LogP contribution in [0.2, 0.25) is 0 Å². The Morgan fingerprint density at radius 3 is 2.50 bits per heavy atom. The number of ether oxygens (including phenoxy) is 3. The number of H-pyrrole nitrogens is 1. The van der Waals surface area contributed by atoms with Crippen LogP contribution < -0.4 is 9.47 Å². The van der Waals surface area contributed by atoms with E-state index in [1.807, 2.05) is 6.07 Å². The van der Waals surface area contributed by atoms with Gasteiger partial charge in [0.1, 0.15) is 11.6 Å². The summed E-state index contributed by atoms with van der Waals surface area (Å²) in [5, 5.41) is 9.55. The molecule has 0 unspecified atom stereocenters. The molecule has 0 atom stereocenters. The van der Waals surface area contributed by atoms with Crippen molar-refractivity contribution in [2.75, 3.05) is 20.8 Å². The molecule has 0 saturated carbocycles. The van der Waals surface area contributed by atoms with Gasteiger partial charge < -0.3 is 19.2 Å². The Morgan fingerprint density at radius 2 is 1.93 bits per heavy atom. The highest BCUT2D eigenvalue weighted by molar-refractivity contribution is 6.15. The molecule has 146 valence electrons. The lowest BCUT2D eigenvalue weighted by Crippen LogP contribution is -2.08. The van der Waals surface area contributed by atoms with Gasteiger partial charge >= 0.3 is 5.97 Å². The standard InChI is InChI=1S/C21H22N2O5/c1-6-28-21(25)17-12(2)18(23-13(17)3)19(24)15(11-22)10-14-8-7-9-16(26-4)20(14)27-5/h7-10,23H,6H2,1-5H3/b15-10+. The number of para-hydroxylation sites is 1. The van der Waals surface area contributed by atoms with Crippen LogP contribution in [0.25, 0.3) is 6.08 Å². The number of rotatable bonds is 7. The van der Waals surface area contributed by atoms with Gasteiger partial charge in [0.25, 0.3) is 0 Å². The summed E-state index contributed by atoms with van der Waals surface area (Å²) in [5.41, 5.74) is 1.86. The fraction of sp³-hybridized carbons (Fsp3) is 0.286. The maximum Gasteiger partial charge on any atom is 0.340 e. The number of carbonyl (C=O) groups excluding carboxylic acids is 2. The van der Waals surface area contributed by atoms with Gasteiger partial charge in [-0.2, -0.15) is 5.26 Å². The number of esters is 1. The number of benzene rings is 1. The number of aryl methyl sites for hydroxylation is 1. The van der Waals surface area contributed by atoms with Gasteiger partial charge in [-0.1, -0.05) is 12.1 Å². The number of nitriles is 1. The van der Waals surface area contributed by atoms with Crippen LogP contribution in [-0.2, 0) is 4.74 Å². The number of hydrogen-bond donors (Lipinski definition) is 1. The zero-order chi connectivity index (χ0) is 20.8. The number of aromatic nitrogens is 1. The molecule has 28 heavy (non-hydrogen) atoms. The fourth-order valence-electron chi connectivity index (χ4n) is 2.95. The average Bonchev–Trinajstić information content (AvgIpc) is 2.99. The van der Waals surface area contributed by atoms with Crippen LogP contribution in [0.1, 0.15) is 44.6 Å². The normalized spacial score (nSPS) is 10.9. The van der Waals surface area contributed by atoms with Gasteiger partial charge in [-0.15, -0.1) is 0 Å². The van der Waals surface area contributed by atoms with Gasteiger partial charge in [-0.25, -0.2) is 4.79 Å². The molecule has 0 saturated heterocycles. The monoisotopic (exact) mass is 382 g/mol. The van der Waals surface area contributed by atoms with E-state index in [1.54, 1.807) is 39.0 Å². The highest BCUT2D eigenvalue weighted by Crippen LogP contribution is 2.32. The Balaban J connectivity index is 2.52. The SMILES string of the molecule is CCOC(=O)c1c(C)[nH]c(C(=O)/C(C#N)=C/c2cccc(OC)c2OC)c1C. The molecular formula is C21H22N2O5. The van der Waals surface area contributed by atoms with E-state index in [0.29, 0.717) is 33.9 Å². The summed E-state index contributed by atoms with van der Waals surface area (Å²) in [6, 6.07) is 7.09. The summed E-state index contributed by atoms with van der Waals surface area (Å²) >= 11 is 0. The van der Waals surface area contributed by atoms with Crippen LogP contribution in [0.5, 0.6) is 11.5 Å². The molecule has 0 radical (unpaired) electrons. The summed E-state index contributed by atoms with van der Waals surface area (Å²) < 4.78 is 15.6. The summed E-state index contributed by atoms with van der Waals surface area (Å²) in [7, 11) is 2.98. The Morgan fingerprint density at radius 1 is 1.21 bits per heavy atom. The predicted molar refractivity (Wildman–Crippen MR) is 104 cm³/mol. The Kier molecular flexibility index (Phi) is 6.61. The molecule has 7 heteroatoms. The summed E-state index contributed by atoms with van der Waals surface area (Å²) in [4.78, 5) is 28.0. The van der Waals surface area contributed by atoms with Crippen LogP contribution in [-0.4, -0.2) is 37.6 Å². The van der Waals surface area contributed by atoms with Crippen molar-refractivity contribution in [2.24, 2.45) is 0 Å². The molecule has 0 amide bonds. The molecule has 0 fully saturated rings. The van der Waals surface area contributed by atoms with Crippen molar-refractivity contribution in [1.29, 1.82) is 5.26 Å². The first kappa shape index (κ1) is 20.8. The van der Waals surface area contributed by atoms with Crippen molar-refractivity contribution in [1.82, 2.24) is 4.98 Å². The average molecular weight is 382 g/mol. The second-order valence-corrected chi connectivity index (χ2v) is 5.93. The Bertz CT molecular complexity index is 979. The van der Waals surface area contributed by atoms with Gasteiger partial charge in [0, 0.05) is 11.3 Å². The molecule has 2 aromatic rings. The molecule has 0 aliphatic rings. The lowest BCUT2D eigenvalue weighted by molar-refractivity contribution is 0.0525. The van der Waals surface area contributed by atoms with Gasteiger partial charge in [0.2, 0.25) is 5.78 Å². The number of allylic oxidation sites excluding steroid dienone is 1. The lowest BCUT2D eigenvalue weighted by Gasteiger charge is -2.10. The maximum atomic E-state index is 13.0. The van der Waals surface area contributed by atoms with Crippen molar-refractivity contribution in [3.63, 3.8) is 0 Å². The second kappa shape index (κ2) is 8.91. The predicted octanol–water partition coefficient (Wildman–Crippen LogP) is 3.62. The minimum absolute atomic E-state index is 0.105. The fourth-order valence-corrected chi connectivity index (χ4v) is 2.95. The molecule has 0 spiro atoms. The van der Waals surface area contributed by atoms with Gasteiger partial charge in [0.05, 0.1) is 32.1 Å². The minimum Gasteiger partial charge on any atom is -0.493 e. The third-order valence-corrected chi connectivity index (χ3v) is 4.24. The van der Waals surface area contributed by atoms with Crippen molar-refractivity contribution < 1.29 is 23.8 Å². The first-order valence-corrected chi connectivity index (χ1v) is 8.63. The maximum absolute atomic E-state index is 13.0. The zero-order valence-corrected chi connectivity index (χ0v) is 16.5. The number of nitrogens with one attached hydrogen (secondary N) is 1. The van der Waals surface area contributed by atoms with E-state index in [1.165, 1.54) is 20.3 Å². The van der Waals surface area contributed by atoms with E-state index in [4.69, 9.17) is 14.2 Å². The molecule has 1 heterocycles. The van der Waals surface area contributed by atoms with Gasteiger partial charge in [-0.05, 0) is 38.5 Å². The number of hydrogen-bond acceptors (Lipinski definition) is 6. The molecule has 1 N–H and O–H groups in total. The van der Waals surface area contributed by atoms with Gasteiger partial charge in [0.15, 0.2) is 11.5 Å². The van der Waals surface area contributed by atoms with E-state index in [-0.39, 0.29) is 17.9 Å². The molecule has 1 aromatic carbocycles. The largest absolute Gasteiger partial charge is 0.493 e. The molecule has 0 aliphatic carbocycles. The number of carbonyl (C=O) groups is 2. The van der Waals surface area contributed by atoms with E-state index < -0.39 is 11.8 Å². The smallest absolute Gasteiger partial charge is 0.340 e. The quantitative estimate of drug-likeness (QED) is 0.340. The highest BCUT2D eigenvalue weighted by Gasteiger charge is 2.25. The first-order chi connectivity index (χ1) is 13.4. The van der Waals surface area contributed by atoms with Crippen LogP contribution in [0, 0.1) is 25.2 Å². The van der Waals surface area contributed by atoms with Gasteiger partial charge in [-0.3, -0.25) is 4.79 Å². The minimum atomic E-state index is -0.525. The van der Waals surface area contributed by atoms with Crippen molar-refractivity contribution in [3.8, 4) is 17.6 Å². The van der Waals surface area contributed by atoms with Crippen LogP contribution in [0.15, 0.2) is 23.8 Å². The number of Topliss-reactive ketones (excluding diaryl/α,β-unsaturated/α-hetero) is 1. The number of methoxy groups -OCH3 is 2. The van der Waals surface area contributed by atoms with E-state index in [2.05, 4.69) is 4.98 Å². The van der Waals surface area contributed by atoms with Crippen LogP contribution in [0.3, 0.4) is 0 Å². The highest BCUT2D eigenvalue weighted by atomic mass is 16.5. The molecule has 1 aromatic heterocycles. The summed E-state index contributed by atoms with van der Waals surface area (Å²) in [5.74, 6) is -0.136. The second-order valence-electron chi connectivity index (χ2n) is 5.93. The molecule has 0 aliphatic heterocycles. The van der Waals surface area contributed by atoms with Crippen molar-refractivity contribution >= 4 is 17.8 Å². The third-order valence-electron chi connectivity index (χ3n) is 4.24. The molecule has 0 bridgehead atoms. The third kappa shape index (κ3) is 3.91. The molecule has 7 nitrogen and oxygen atoms in total. The van der Waals surface area contributed by atoms with Crippen molar-refractivity contribution in [3.05, 3.63) is 51.9 Å². The summed E-state index contributed by atoms with van der Waals surface area (Å²) in [6.45, 7) is 5.26. The first-order valence-electron chi connectivity index (χ1n) is 8.63. The molecule has 2 rings (SSSR count). The topological polar surface area (TPSA) is 101 Å². The number of ketones is 1. The number of nitrogens with zero attached hydrogens (tertiary/aromatic N) is 1. The zero-order valence-electron chi connectivity index (χ0n) is 16.5. The Hall–Kier alpha value is -3.53. The number of aromatic amines is 1. The molecular weight excluding hydrogens is 360 g/mol. The van der Waals surface area contributed by atoms with Crippen LogP contribution >= 0.6 is 0 Å². The Labute approximate surface area is 163 Å². The van der Waals surface area contributed by atoms with E-state index >= 15 is 0 Å².